The summed E-state index contributed by atoms with van der Waals surface area (Å²) in [6.07, 6.45) is 7.90. The number of carbonyl (C=O) groups is 1. The average Bonchev–Trinajstić information content (AvgIpc) is 2.50. The Balaban J connectivity index is 2.39. The first-order chi connectivity index (χ1) is 9.68. The largest absolute Gasteiger partial charge is 0.347 e. The van der Waals surface area contributed by atoms with Crippen LogP contribution in [0.5, 0.6) is 0 Å². The monoisotopic (exact) mass is 276 g/mol. The molecule has 3 heteroatoms. The third-order valence-electron chi connectivity index (χ3n) is 3.54. The molecule has 0 heterocycles. The Morgan fingerprint density at radius 1 is 1.20 bits per heavy atom. The summed E-state index contributed by atoms with van der Waals surface area (Å²) in [6, 6.07) is 10.4. The number of carbonyl (C=O) groups excluding carboxylic acids is 1. The Morgan fingerprint density at radius 2 is 1.85 bits per heavy atom. The number of hydrogen-bond donors (Lipinski definition) is 0. The van der Waals surface area contributed by atoms with Crippen molar-refractivity contribution in [3.05, 3.63) is 48.0 Å². The SMILES string of the molecule is COC(C=O)(OC)[C@@H](C)/C=C\CCCc1ccccc1. The Bertz CT molecular complexity index is 408. The van der Waals surface area contributed by atoms with E-state index in [1.807, 2.05) is 19.1 Å². The van der Waals surface area contributed by atoms with E-state index in [0.29, 0.717) is 6.29 Å². The van der Waals surface area contributed by atoms with Crippen LogP contribution in [0.25, 0.3) is 0 Å². The van der Waals surface area contributed by atoms with E-state index >= 15 is 0 Å². The van der Waals surface area contributed by atoms with Crippen LogP contribution in [0.2, 0.25) is 0 Å². The van der Waals surface area contributed by atoms with E-state index in [0.717, 1.165) is 19.3 Å². The van der Waals surface area contributed by atoms with Crippen LogP contribution in [0.3, 0.4) is 0 Å². The van der Waals surface area contributed by atoms with Crippen LogP contribution in [-0.2, 0) is 20.7 Å². The Labute approximate surface area is 121 Å². The van der Waals surface area contributed by atoms with Crippen molar-refractivity contribution in [3.8, 4) is 0 Å². The summed E-state index contributed by atoms with van der Waals surface area (Å²) in [5, 5.41) is 0. The van der Waals surface area contributed by atoms with Crippen LogP contribution in [0.4, 0.5) is 0 Å². The van der Waals surface area contributed by atoms with E-state index in [4.69, 9.17) is 9.47 Å². The summed E-state index contributed by atoms with van der Waals surface area (Å²) < 4.78 is 10.4. The maximum absolute atomic E-state index is 11.1. The molecule has 1 aromatic rings. The van der Waals surface area contributed by atoms with Gasteiger partial charge in [-0.3, -0.25) is 4.79 Å². The molecular weight excluding hydrogens is 252 g/mol. The summed E-state index contributed by atoms with van der Waals surface area (Å²) in [7, 11) is 2.97. The lowest BCUT2D eigenvalue weighted by atomic mass is 10.00. The molecule has 1 atom stereocenters. The highest BCUT2D eigenvalue weighted by molar-refractivity contribution is 5.61. The van der Waals surface area contributed by atoms with Crippen LogP contribution < -0.4 is 0 Å². The van der Waals surface area contributed by atoms with Crippen molar-refractivity contribution in [2.75, 3.05) is 14.2 Å². The van der Waals surface area contributed by atoms with Gasteiger partial charge >= 0.3 is 0 Å². The minimum absolute atomic E-state index is 0.119. The van der Waals surface area contributed by atoms with Crippen molar-refractivity contribution in [2.45, 2.75) is 32.0 Å². The molecule has 1 aromatic carbocycles. The minimum Gasteiger partial charge on any atom is -0.347 e. The zero-order valence-electron chi connectivity index (χ0n) is 12.5. The number of benzene rings is 1. The maximum Gasteiger partial charge on any atom is 0.231 e. The van der Waals surface area contributed by atoms with Crippen LogP contribution >= 0.6 is 0 Å². The summed E-state index contributed by atoms with van der Waals surface area (Å²) in [5.74, 6) is -1.29. The Morgan fingerprint density at radius 3 is 2.40 bits per heavy atom. The first-order valence-corrected chi connectivity index (χ1v) is 6.95. The molecule has 0 saturated heterocycles. The van der Waals surface area contributed by atoms with Gasteiger partial charge in [0.15, 0.2) is 6.29 Å². The van der Waals surface area contributed by atoms with Gasteiger partial charge in [-0.05, 0) is 24.8 Å². The quantitative estimate of drug-likeness (QED) is 0.300. The lowest BCUT2D eigenvalue weighted by Crippen LogP contribution is -2.41. The molecule has 1 rings (SSSR count). The van der Waals surface area contributed by atoms with Crippen molar-refractivity contribution >= 4 is 6.29 Å². The van der Waals surface area contributed by atoms with Crippen molar-refractivity contribution in [1.29, 1.82) is 0 Å². The van der Waals surface area contributed by atoms with Gasteiger partial charge in [0.2, 0.25) is 5.79 Å². The number of ether oxygens (including phenoxy) is 2. The molecule has 0 aliphatic rings. The normalized spacial score (nSPS) is 13.6. The number of aryl methyl sites for hydroxylation is 1. The van der Waals surface area contributed by atoms with Crippen LogP contribution in [0, 0.1) is 5.92 Å². The molecule has 0 fully saturated rings. The average molecular weight is 276 g/mol. The zero-order valence-corrected chi connectivity index (χ0v) is 12.5. The summed E-state index contributed by atoms with van der Waals surface area (Å²) in [6.45, 7) is 1.91. The smallest absolute Gasteiger partial charge is 0.231 e. The Hall–Kier alpha value is -1.45. The number of allylic oxidation sites excluding steroid dienone is 1. The molecule has 0 N–H and O–H groups in total. The van der Waals surface area contributed by atoms with Gasteiger partial charge in [0, 0.05) is 20.1 Å². The molecule has 3 nitrogen and oxygen atoms in total. The van der Waals surface area contributed by atoms with Crippen molar-refractivity contribution < 1.29 is 14.3 Å². The first-order valence-electron chi connectivity index (χ1n) is 6.95. The second-order valence-electron chi connectivity index (χ2n) is 4.84. The van der Waals surface area contributed by atoms with E-state index in [1.165, 1.54) is 19.8 Å². The number of aldehydes is 1. The van der Waals surface area contributed by atoms with Gasteiger partial charge < -0.3 is 9.47 Å². The molecule has 0 aliphatic heterocycles. The molecule has 0 unspecified atom stereocenters. The molecule has 0 amide bonds. The molecule has 20 heavy (non-hydrogen) atoms. The van der Waals surface area contributed by atoms with Gasteiger partial charge in [0.05, 0.1) is 0 Å². The molecular formula is C17H24O3. The lowest BCUT2D eigenvalue weighted by molar-refractivity contribution is -0.210. The summed E-state index contributed by atoms with van der Waals surface area (Å²) >= 11 is 0. The van der Waals surface area contributed by atoms with Gasteiger partial charge in [-0.15, -0.1) is 0 Å². The molecule has 0 spiro atoms. The Kier molecular flexibility index (Phi) is 7.20. The predicted octanol–water partition coefficient (Wildman–Crippen LogP) is 3.39. The van der Waals surface area contributed by atoms with Crippen molar-refractivity contribution in [1.82, 2.24) is 0 Å². The van der Waals surface area contributed by atoms with Crippen LogP contribution in [-0.4, -0.2) is 26.3 Å². The molecule has 0 aromatic heterocycles. The van der Waals surface area contributed by atoms with E-state index in [9.17, 15) is 4.79 Å². The predicted molar refractivity (Wildman–Crippen MR) is 80.5 cm³/mol. The minimum atomic E-state index is -1.17. The van der Waals surface area contributed by atoms with Crippen molar-refractivity contribution in [2.24, 2.45) is 5.92 Å². The summed E-state index contributed by atoms with van der Waals surface area (Å²) in [5.41, 5.74) is 1.35. The number of unbranched alkanes of at least 4 members (excludes halogenated alkanes) is 1. The molecule has 0 saturated carbocycles. The summed E-state index contributed by atoms with van der Waals surface area (Å²) in [4.78, 5) is 11.1. The molecule has 0 radical (unpaired) electrons. The van der Waals surface area contributed by atoms with E-state index in [1.54, 1.807) is 0 Å². The van der Waals surface area contributed by atoms with Gasteiger partial charge in [-0.2, -0.15) is 0 Å². The third kappa shape index (κ3) is 4.58. The number of hydrogen-bond acceptors (Lipinski definition) is 3. The van der Waals surface area contributed by atoms with Crippen LogP contribution in [0.1, 0.15) is 25.3 Å². The molecule has 0 aliphatic carbocycles. The maximum atomic E-state index is 11.1. The standard InChI is InChI=1S/C17H24O3/c1-15(17(14-18,19-2)20-3)10-6-4-7-11-16-12-8-5-9-13-16/h5-6,8-10,12-15H,4,7,11H2,1-3H3/b10-6-/t15-/m0/s1. The zero-order chi connectivity index (χ0) is 14.8. The van der Waals surface area contributed by atoms with E-state index < -0.39 is 5.79 Å². The van der Waals surface area contributed by atoms with Crippen molar-refractivity contribution in [3.63, 3.8) is 0 Å². The van der Waals surface area contributed by atoms with Gasteiger partial charge in [0.1, 0.15) is 0 Å². The van der Waals surface area contributed by atoms with E-state index in [2.05, 4.69) is 30.3 Å². The number of methoxy groups -OCH3 is 2. The number of rotatable bonds is 9. The second kappa shape index (κ2) is 8.67. The highest BCUT2D eigenvalue weighted by atomic mass is 16.7. The topological polar surface area (TPSA) is 35.5 Å². The van der Waals surface area contributed by atoms with Crippen LogP contribution in [0.15, 0.2) is 42.5 Å². The van der Waals surface area contributed by atoms with Gasteiger partial charge in [0.25, 0.3) is 0 Å². The fraction of sp³-hybridized carbons (Fsp3) is 0.471. The molecule has 110 valence electrons. The first kappa shape index (κ1) is 16.6. The van der Waals surface area contributed by atoms with Gasteiger partial charge in [-0.25, -0.2) is 0 Å². The highest BCUT2D eigenvalue weighted by Gasteiger charge is 2.34. The highest BCUT2D eigenvalue weighted by Crippen LogP contribution is 2.21. The van der Waals surface area contributed by atoms with E-state index in [-0.39, 0.29) is 5.92 Å². The molecule has 0 bridgehead atoms. The fourth-order valence-corrected chi connectivity index (χ4v) is 2.16. The lowest BCUT2D eigenvalue weighted by Gasteiger charge is -2.29. The fourth-order valence-electron chi connectivity index (χ4n) is 2.16. The van der Waals surface area contributed by atoms with Gasteiger partial charge in [-0.1, -0.05) is 49.4 Å². The second-order valence-corrected chi connectivity index (χ2v) is 4.84. The third-order valence-corrected chi connectivity index (χ3v) is 3.54.